The van der Waals surface area contributed by atoms with E-state index >= 15 is 0 Å². The van der Waals surface area contributed by atoms with Gasteiger partial charge in [0.2, 0.25) is 17.6 Å². The number of carbonyl (C=O) groups is 2. The van der Waals surface area contributed by atoms with Crippen molar-refractivity contribution in [2.24, 2.45) is 0 Å². The van der Waals surface area contributed by atoms with E-state index in [-0.39, 0.29) is 24.2 Å². The summed E-state index contributed by atoms with van der Waals surface area (Å²) in [7, 11) is 0. The molecule has 1 saturated heterocycles. The molecule has 1 aliphatic heterocycles. The molecule has 28 heavy (non-hydrogen) atoms. The number of nitrogens with one attached hydrogen (secondary N) is 1. The van der Waals surface area contributed by atoms with Crippen LogP contribution < -0.4 is 10.2 Å². The van der Waals surface area contributed by atoms with Crippen LogP contribution in [-0.4, -0.2) is 28.5 Å². The van der Waals surface area contributed by atoms with Crippen molar-refractivity contribution in [1.29, 1.82) is 0 Å². The molecule has 1 fully saturated rings. The van der Waals surface area contributed by atoms with Gasteiger partial charge in [0.25, 0.3) is 5.91 Å². The van der Waals surface area contributed by atoms with Crippen LogP contribution in [0.1, 0.15) is 29.1 Å². The van der Waals surface area contributed by atoms with Gasteiger partial charge in [-0.3, -0.25) is 9.59 Å². The van der Waals surface area contributed by atoms with Crippen LogP contribution in [-0.2, 0) is 11.3 Å². The summed E-state index contributed by atoms with van der Waals surface area (Å²) in [5.74, 6) is 0.497. The van der Waals surface area contributed by atoms with Crippen molar-refractivity contribution in [1.82, 2.24) is 15.5 Å². The first-order valence-corrected chi connectivity index (χ1v) is 9.26. The molecule has 0 unspecified atom stereocenters. The Kier molecular flexibility index (Phi) is 5.08. The third kappa shape index (κ3) is 3.75. The fraction of sp³-hybridized carbons (Fsp3) is 0.200. The van der Waals surface area contributed by atoms with E-state index in [4.69, 9.17) is 16.1 Å². The number of hydrogen-bond donors (Lipinski definition) is 1. The Morgan fingerprint density at radius 1 is 1.18 bits per heavy atom. The highest BCUT2D eigenvalue weighted by atomic mass is 35.5. The van der Waals surface area contributed by atoms with E-state index < -0.39 is 0 Å². The Balaban J connectivity index is 1.38. The third-order valence-electron chi connectivity index (χ3n) is 4.50. The van der Waals surface area contributed by atoms with E-state index in [1.165, 1.54) is 0 Å². The van der Waals surface area contributed by atoms with Gasteiger partial charge in [-0.15, -0.1) is 0 Å². The summed E-state index contributed by atoms with van der Waals surface area (Å²) in [5, 5.41) is 7.17. The zero-order chi connectivity index (χ0) is 19.5. The molecule has 0 aliphatic carbocycles. The number of amides is 2. The molecular formula is C20H17ClN4O3. The molecule has 2 amide bonds. The number of nitrogens with zero attached hydrogens (tertiary/aromatic N) is 3. The zero-order valence-corrected chi connectivity index (χ0v) is 15.6. The monoisotopic (exact) mass is 396 g/mol. The van der Waals surface area contributed by atoms with Crippen LogP contribution in [0, 0.1) is 0 Å². The second-order valence-electron chi connectivity index (χ2n) is 6.37. The van der Waals surface area contributed by atoms with Crippen molar-refractivity contribution in [2.45, 2.75) is 19.4 Å². The lowest BCUT2D eigenvalue weighted by atomic mass is 10.2. The first kappa shape index (κ1) is 18.2. The second-order valence-corrected chi connectivity index (χ2v) is 6.78. The Morgan fingerprint density at radius 3 is 2.68 bits per heavy atom. The number of halogens is 1. The topological polar surface area (TPSA) is 88.3 Å². The van der Waals surface area contributed by atoms with Gasteiger partial charge in [-0.1, -0.05) is 28.9 Å². The average Bonchev–Trinajstić information content (AvgIpc) is 3.36. The Morgan fingerprint density at radius 2 is 1.96 bits per heavy atom. The molecule has 4 rings (SSSR count). The Hall–Kier alpha value is -3.19. The highest BCUT2D eigenvalue weighted by Crippen LogP contribution is 2.25. The van der Waals surface area contributed by atoms with Crippen LogP contribution >= 0.6 is 11.6 Å². The van der Waals surface area contributed by atoms with Gasteiger partial charge in [0, 0.05) is 29.8 Å². The molecule has 2 heterocycles. The maximum absolute atomic E-state index is 12.3. The molecule has 2 aromatic carbocycles. The summed E-state index contributed by atoms with van der Waals surface area (Å²) in [4.78, 5) is 30.1. The van der Waals surface area contributed by atoms with Crippen molar-refractivity contribution < 1.29 is 14.1 Å². The Labute approximate surface area is 166 Å². The van der Waals surface area contributed by atoms with Crippen LogP contribution in [0.5, 0.6) is 0 Å². The summed E-state index contributed by atoms with van der Waals surface area (Å²) in [5.41, 5.74) is 1.96. The summed E-state index contributed by atoms with van der Waals surface area (Å²) in [6.07, 6.45) is 1.43. The van der Waals surface area contributed by atoms with Crippen molar-refractivity contribution in [3.8, 4) is 11.4 Å². The fourth-order valence-electron chi connectivity index (χ4n) is 3.05. The molecular weight excluding hydrogens is 380 g/mol. The minimum absolute atomic E-state index is 0.0998. The molecule has 7 nitrogen and oxygen atoms in total. The quantitative estimate of drug-likeness (QED) is 0.713. The SMILES string of the molecule is O=C(NCc1nc(-c2ccccc2Cl)no1)c1ccc(N2CCCC2=O)cc1. The average molecular weight is 397 g/mol. The van der Waals surface area contributed by atoms with Crippen molar-refractivity contribution in [3.05, 3.63) is 65.0 Å². The second kappa shape index (κ2) is 7.82. The molecule has 142 valence electrons. The molecule has 8 heteroatoms. The van der Waals surface area contributed by atoms with Crippen LogP contribution in [0.4, 0.5) is 5.69 Å². The predicted molar refractivity (Wildman–Crippen MR) is 104 cm³/mol. The van der Waals surface area contributed by atoms with Crippen LogP contribution in [0.25, 0.3) is 11.4 Å². The molecule has 3 aromatic rings. The summed E-state index contributed by atoms with van der Waals surface area (Å²) >= 11 is 6.13. The molecule has 1 aromatic heterocycles. The summed E-state index contributed by atoms with van der Waals surface area (Å²) < 4.78 is 5.18. The molecule has 0 radical (unpaired) electrons. The van der Waals surface area contributed by atoms with Gasteiger partial charge in [0.15, 0.2) is 0 Å². The van der Waals surface area contributed by atoms with Gasteiger partial charge in [0.1, 0.15) is 0 Å². The van der Waals surface area contributed by atoms with Gasteiger partial charge in [-0.05, 0) is 42.8 Å². The van der Waals surface area contributed by atoms with Gasteiger partial charge in [-0.2, -0.15) is 4.98 Å². The van der Waals surface area contributed by atoms with Crippen molar-refractivity contribution in [2.75, 3.05) is 11.4 Å². The van der Waals surface area contributed by atoms with Crippen LogP contribution in [0.15, 0.2) is 53.1 Å². The maximum atomic E-state index is 12.3. The highest BCUT2D eigenvalue weighted by molar-refractivity contribution is 6.33. The number of rotatable bonds is 5. The lowest BCUT2D eigenvalue weighted by Gasteiger charge is -2.15. The molecule has 0 spiro atoms. The van der Waals surface area contributed by atoms with E-state index in [1.54, 1.807) is 41.3 Å². The van der Waals surface area contributed by atoms with Crippen LogP contribution in [0.2, 0.25) is 5.02 Å². The van der Waals surface area contributed by atoms with Crippen LogP contribution in [0.3, 0.4) is 0 Å². The smallest absolute Gasteiger partial charge is 0.251 e. The number of benzene rings is 2. The summed E-state index contributed by atoms with van der Waals surface area (Å²) in [6.45, 7) is 0.817. The number of carbonyl (C=O) groups excluding carboxylic acids is 2. The Bertz CT molecular complexity index is 1020. The van der Waals surface area contributed by atoms with E-state index in [0.717, 1.165) is 18.7 Å². The largest absolute Gasteiger partial charge is 0.343 e. The minimum atomic E-state index is -0.267. The third-order valence-corrected chi connectivity index (χ3v) is 4.83. The van der Waals surface area contributed by atoms with Crippen molar-refractivity contribution in [3.63, 3.8) is 0 Å². The van der Waals surface area contributed by atoms with Gasteiger partial charge in [-0.25, -0.2) is 0 Å². The standard InChI is InChI=1S/C20H17ClN4O3/c21-16-5-2-1-4-15(16)19-23-17(28-24-19)12-22-20(27)13-7-9-14(10-8-13)25-11-3-6-18(25)26/h1-2,4-5,7-10H,3,6,11-12H2,(H,22,27). The highest BCUT2D eigenvalue weighted by Gasteiger charge is 2.21. The first-order valence-electron chi connectivity index (χ1n) is 8.88. The zero-order valence-electron chi connectivity index (χ0n) is 14.9. The number of aromatic nitrogens is 2. The molecule has 0 atom stereocenters. The normalized spacial score (nSPS) is 13.8. The predicted octanol–water partition coefficient (Wildman–Crippen LogP) is 3.45. The molecule has 1 aliphatic rings. The fourth-order valence-corrected chi connectivity index (χ4v) is 3.27. The molecule has 0 saturated carbocycles. The van der Waals surface area contributed by atoms with E-state index in [2.05, 4.69) is 15.5 Å². The van der Waals surface area contributed by atoms with E-state index in [9.17, 15) is 9.59 Å². The minimum Gasteiger partial charge on any atom is -0.343 e. The molecule has 0 bridgehead atoms. The van der Waals surface area contributed by atoms with Gasteiger partial charge < -0.3 is 14.7 Å². The number of anilines is 1. The maximum Gasteiger partial charge on any atom is 0.251 e. The van der Waals surface area contributed by atoms with Crippen molar-refractivity contribution >= 4 is 29.1 Å². The van der Waals surface area contributed by atoms with Gasteiger partial charge >= 0.3 is 0 Å². The lowest BCUT2D eigenvalue weighted by Crippen LogP contribution is -2.25. The van der Waals surface area contributed by atoms with Gasteiger partial charge in [0.05, 0.1) is 11.6 Å². The molecule has 1 N–H and O–H groups in total. The number of hydrogen-bond acceptors (Lipinski definition) is 5. The van der Waals surface area contributed by atoms with E-state index in [1.807, 2.05) is 12.1 Å². The van der Waals surface area contributed by atoms with E-state index in [0.29, 0.717) is 28.4 Å². The first-order chi connectivity index (χ1) is 13.6. The lowest BCUT2D eigenvalue weighted by molar-refractivity contribution is -0.117. The summed E-state index contributed by atoms with van der Waals surface area (Å²) in [6, 6.07) is 14.1.